The molecule has 5 heterocycles. The molecule has 0 bridgehead atoms. The molecule has 1 saturated carbocycles. The van der Waals surface area contributed by atoms with E-state index in [4.69, 9.17) is 28.7 Å². The number of carbonyl (C=O) groups excluding carboxylic acids is 3. The normalized spacial score (nSPS) is 14.1. The second-order valence-electron chi connectivity index (χ2n) is 19.0. The average molecular weight is 1070 g/mol. The van der Waals surface area contributed by atoms with E-state index in [1.165, 1.54) is 18.3 Å². The monoisotopic (exact) mass is 1070 g/mol. The number of ketones is 1. The van der Waals surface area contributed by atoms with Gasteiger partial charge >= 0.3 is 0 Å². The molecule has 0 atom stereocenters. The molecular formula is C56H71N11O9S. The quantitative estimate of drug-likeness (QED) is 0.0274. The van der Waals surface area contributed by atoms with Crippen molar-refractivity contribution in [2.45, 2.75) is 59.4 Å². The summed E-state index contributed by atoms with van der Waals surface area (Å²) >= 11 is 1.47. The number of amides is 2. The van der Waals surface area contributed by atoms with E-state index in [0.29, 0.717) is 125 Å². The average Bonchev–Trinajstić information content (AvgIpc) is 4.14. The number of fused-ring (bicyclic) bond motifs is 1. The van der Waals surface area contributed by atoms with Crippen molar-refractivity contribution in [3.63, 3.8) is 0 Å². The Hall–Kier alpha value is -6.72. The summed E-state index contributed by atoms with van der Waals surface area (Å²) < 4.78 is 29.8. The molecule has 2 aliphatic rings. The van der Waals surface area contributed by atoms with Gasteiger partial charge in [0.15, 0.2) is 10.9 Å². The maximum absolute atomic E-state index is 13.6. The highest BCUT2D eigenvalue weighted by Gasteiger charge is 2.26. The van der Waals surface area contributed by atoms with Crippen molar-refractivity contribution < 1.29 is 38.1 Å². The number of aromatic nitrogens is 5. The number of rotatable bonds is 29. The van der Waals surface area contributed by atoms with E-state index < -0.39 is 0 Å². The molecule has 1 aliphatic heterocycles. The van der Waals surface area contributed by atoms with Crippen LogP contribution in [0.15, 0.2) is 77.9 Å². The predicted octanol–water partition coefficient (Wildman–Crippen LogP) is 6.98. The summed E-state index contributed by atoms with van der Waals surface area (Å²) in [5.41, 5.74) is 6.30. The Kier molecular flexibility index (Phi) is 21.0. The molecule has 0 unspecified atom stereocenters. The SMILES string of the molecule is CC(=O)c1c(C)c2cnc(Nc3ccc(N4CCN(CC(=O)NCCOCCOCCOCCOCCOCCNc5ccc(C(=O)Nc6nc(-c7ccccc7)c(C)s6)c(C)c5)CC4)cn3)nc2n(C2CCCC2)c1=O. The van der Waals surface area contributed by atoms with Gasteiger partial charge < -0.3 is 44.5 Å². The first-order valence-corrected chi connectivity index (χ1v) is 27.3. The summed E-state index contributed by atoms with van der Waals surface area (Å²) in [7, 11) is 0. The van der Waals surface area contributed by atoms with Gasteiger partial charge in [0.1, 0.15) is 11.5 Å². The van der Waals surface area contributed by atoms with Crippen LogP contribution >= 0.6 is 11.3 Å². The third-order valence-corrected chi connectivity index (χ3v) is 14.4. The maximum atomic E-state index is 13.6. The van der Waals surface area contributed by atoms with Crippen LogP contribution < -0.4 is 31.7 Å². The predicted molar refractivity (Wildman–Crippen MR) is 299 cm³/mol. The topological polar surface area (TPSA) is 226 Å². The minimum atomic E-state index is -0.284. The first kappa shape index (κ1) is 56.5. The molecule has 2 amide bonds. The lowest BCUT2D eigenvalue weighted by atomic mass is 10.0. The van der Waals surface area contributed by atoms with Gasteiger partial charge in [0, 0.05) is 78.6 Å². The van der Waals surface area contributed by atoms with E-state index in [1.54, 1.807) is 17.7 Å². The second-order valence-corrected chi connectivity index (χ2v) is 20.2. The minimum Gasteiger partial charge on any atom is -0.383 e. The molecule has 410 valence electrons. The van der Waals surface area contributed by atoms with E-state index >= 15 is 0 Å². The number of benzene rings is 2. The van der Waals surface area contributed by atoms with Crippen molar-refractivity contribution in [3.05, 3.63) is 111 Å². The van der Waals surface area contributed by atoms with Gasteiger partial charge in [0.2, 0.25) is 11.9 Å². The Morgan fingerprint density at radius 3 is 2.04 bits per heavy atom. The molecule has 6 aromatic rings. The molecule has 2 aromatic carbocycles. The molecular weight excluding hydrogens is 1000 g/mol. The summed E-state index contributed by atoms with van der Waals surface area (Å²) in [6.07, 6.45) is 7.30. The number of ether oxygens (including phenoxy) is 5. The third kappa shape index (κ3) is 15.9. The van der Waals surface area contributed by atoms with Gasteiger partial charge in [0.25, 0.3) is 11.5 Å². The summed E-state index contributed by atoms with van der Waals surface area (Å²) in [4.78, 5) is 75.7. The van der Waals surface area contributed by atoms with Gasteiger partial charge in [-0.2, -0.15) is 4.98 Å². The Morgan fingerprint density at radius 2 is 1.40 bits per heavy atom. The van der Waals surface area contributed by atoms with Crippen LogP contribution in [0.4, 0.5) is 28.3 Å². The Labute approximate surface area is 453 Å². The Morgan fingerprint density at radius 1 is 0.740 bits per heavy atom. The van der Waals surface area contributed by atoms with Gasteiger partial charge in [-0.3, -0.25) is 34.0 Å². The van der Waals surface area contributed by atoms with E-state index in [0.717, 1.165) is 84.9 Å². The van der Waals surface area contributed by atoms with Crippen molar-refractivity contribution in [2.75, 3.05) is 133 Å². The zero-order valence-corrected chi connectivity index (χ0v) is 45.4. The fourth-order valence-corrected chi connectivity index (χ4v) is 10.3. The van der Waals surface area contributed by atoms with E-state index in [1.807, 2.05) is 80.7 Å². The van der Waals surface area contributed by atoms with Gasteiger partial charge in [-0.25, -0.2) is 15.0 Å². The fraction of sp³-hybridized carbons (Fsp3) is 0.464. The molecule has 77 heavy (non-hydrogen) atoms. The van der Waals surface area contributed by atoms with Crippen LogP contribution in [0, 0.1) is 20.8 Å². The van der Waals surface area contributed by atoms with Crippen LogP contribution in [-0.4, -0.2) is 159 Å². The van der Waals surface area contributed by atoms with Gasteiger partial charge in [-0.15, -0.1) is 11.3 Å². The standard InChI is InChI=1S/C56H71N11O9S/c1-38-34-43(14-16-46(38)53(70)64-56-62-51(41(4)77-56)42-10-6-5-7-11-42)57-18-24-72-26-28-74-30-32-76-33-31-75-29-27-73-25-19-58-49(69)37-65-20-22-66(23-21-65)45-15-17-48(59-35-45)61-55-60-36-47-39(2)50(40(3)68)54(71)67(52(47)63-55)44-12-8-9-13-44/h5-7,10-11,14-17,34-36,44,57H,8-9,12-13,18-33,37H2,1-4H3,(H,58,69)(H,62,64,70)(H,59,60,61,63). The van der Waals surface area contributed by atoms with Crippen molar-refractivity contribution in [2.24, 2.45) is 0 Å². The van der Waals surface area contributed by atoms with Crippen LogP contribution in [0.3, 0.4) is 0 Å². The lowest BCUT2D eigenvalue weighted by Crippen LogP contribution is -2.49. The molecule has 1 aliphatic carbocycles. The molecule has 4 aromatic heterocycles. The number of anilines is 5. The number of nitrogens with zero attached hydrogens (tertiary/aromatic N) is 7. The number of hydrogen-bond acceptors (Lipinski definition) is 18. The van der Waals surface area contributed by atoms with Crippen LogP contribution in [0.25, 0.3) is 22.3 Å². The number of thiazole rings is 1. The van der Waals surface area contributed by atoms with Gasteiger partial charge in [-0.05, 0) is 82.0 Å². The van der Waals surface area contributed by atoms with Crippen LogP contribution in [0.1, 0.15) is 75.4 Å². The van der Waals surface area contributed by atoms with Crippen molar-refractivity contribution in [1.82, 2.24) is 34.7 Å². The number of pyridine rings is 2. The summed E-state index contributed by atoms with van der Waals surface area (Å²) in [6.45, 7) is 16.0. The van der Waals surface area contributed by atoms with Crippen molar-refractivity contribution in [1.29, 1.82) is 0 Å². The lowest BCUT2D eigenvalue weighted by molar-refractivity contribution is -0.122. The van der Waals surface area contributed by atoms with Crippen molar-refractivity contribution in [3.8, 4) is 11.3 Å². The Bertz CT molecular complexity index is 2960. The first-order valence-electron chi connectivity index (χ1n) is 26.5. The molecule has 8 rings (SSSR count). The highest BCUT2D eigenvalue weighted by atomic mass is 32.1. The number of piperazine rings is 1. The van der Waals surface area contributed by atoms with E-state index in [2.05, 4.69) is 46.0 Å². The molecule has 0 spiro atoms. The van der Waals surface area contributed by atoms with Crippen LogP contribution in [0.2, 0.25) is 0 Å². The number of carbonyl (C=O) groups is 3. The first-order chi connectivity index (χ1) is 37.5. The summed E-state index contributed by atoms with van der Waals surface area (Å²) in [5, 5.41) is 13.7. The molecule has 4 N–H and O–H groups in total. The molecule has 1 saturated heterocycles. The van der Waals surface area contributed by atoms with Crippen molar-refractivity contribution >= 4 is 68.2 Å². The molecule has 2 fully saturated rings. The largest absolute Gasteiger partial charge is 0.383 e. The van der Waals surface area contributed by atoms with Crippen LogP contribution in [0.5, 0.6) is 0 Å². The number of hydrogen-bond donors (Lipinski definition) is 4. The summed E-state index contributed by atoms with van der Waals surface area (Å²) in [6, 6.07) is 19.5. The number of nitrogens with one attached hydrogen (secondary N) is 4. The zero-order chi connectivity index (χ0) is 53.9. The fourth-order valence-electron chi connectivity index (χ4n) is 9.51. The third-order valence-electron chi connectivity index (χ3n) is 13.5. The van der Waals surface area contributed by atoms with Gasteiger partial charge in [-0.1, -0.05) is 43.2 Å². The molecule has 21 heteroatoms. The van der Waals surface area contributed by atoms with Crippen LogP contribution in [-0.2, 0) is 28.5 Å². The highest BCUT2D eigenvalue weighted by Crippen LogP contribution is 2.33. The van der Waals surface area contributed by atoms with E-state index in [9.17, 15) is 19.2 Å². The highest BCUT2D eigenvalue weighted by molar-refractivity contribution is 7.16. The van der Waals surface area contributed by atoms with Gasteiger partial charge in [0.05, 0.1) is 95.8 Å². The lowest BCUT2D eigenvalue weighted by Gasteiger charge is -2.35. The Balaban J connectivity index is 0.596. The smallest absolute Gasteiger partial charge is 0.263 e. The maximum Gasteiger partial charge on any atom is 0.263 e. The van der Waals surface area contributed by atoms with E-state index in [-0.39, 0.29) is 34.8 Å². The molecule has 0 radical (unpaired) electrons. The number of aryl methyl sites for hydroxylation is 3. The number of Topliss-reactive ketones (excluding diaryl/α,β-unsaturated/α-hetero) is 1. The second kappa shape index (κ2) is 28.6. The summed E-state index contributed by atoms with van der Waals surface area (Å²) in [5.74, 6) is 0.414. The minimum absolute atomic E-state index is 0.00182. The zero-order valence-electron chi connectivity index (χ0n) is 44.6. The molecule has 20 nitrogen and oxygen atoms in total.